The van der Waals surface area contributed by atoms with Crippen LogP contribution in [0.2, 0.25) is 0 Å². The van der Waals surface area contributed by atoms with Gasteiger partial charge in [-0.05, 0) is 44.2 Å². The first-order valence-corrected chi connectivity index (χ1v) is 9.41. The van der Waals surface area contributed by atoms with Crippen molar-refractivity contribution in [1.29, 1.82) is 0 Å². The lowest BCUT2D eigenvalue weighted by molar-refractivity contribution is -0.126. The monoisotopic (exact) mass is 352 g/mol. The SMILES string of the molecule is O=C(NCCC1=CCCCC1)C1CC(=O)N(c2n[nH]c3ccccc23)C1. The van der Waals surface area contributed by atoms with Crippen LogP contribution in [0.4, 0.5) is 5.82 Å². The van der Waals surface area contributed by atoms with Crippen molar-refractivity contribution in [3.63, 3.8) is 0 Å². The third-order valence-electron chi connectivity index (χ3n) is 5.33. The molecular formula is C20H24N4O2. The van der Waals surface area contributed by atoms with Crippen molar-refractivity contribution in [2.24, 2.45) is 5.92 Å². The molecule has 2 aromatic rings. The molecule has 1 unspecified atom stereocenters. The third kappa shape index (κ3) is 3.36. The normalized spacial score (nSPS) is 20.5. The number of para-hydroxylation sites is 1. The Morgan fingerprint density at radius 2 is 2.19 bits per heavy atom. The highest BCUT2D eigenvalue weighted by molar-refractivity contribution is 6.05. The summed E-state index contributed by atoms with van der Waals surface area (Å²) in [6, 6.07) is 7.71. The second-order valence-corrected chi connectivity index (χ2v) is 7.15. The summed E-state index contributed by atoms with van der Waals surface area (Å²) in [5, 5.41) is 11.2. The van der Waals surface area contributed by atoms with Gasteiger partial charge >= 0.3 is 0 Å². The number of benzene rings is 1. The minimum atomic E-state index is -0.307. The first kappa shape index (κ1) is 16.8. The van der Waals surface area contributed by atoms with E-state index in [1.54, 1.807) is 4.90 Å². The minimum Gasteiger partial charge on any atom is -0.355 e. The number of hydrogen-bond acceptors (Lipinski definition) is 3. The Hall–Kier alpha value is -2.63. The van der Waals surface area contributed by atoms with Crippen molar-refractivity contribution < 1.29 is 9.59 Å². The van der Waals surface area contributed by atoms with E-state index in [0.29, 0.717) is 18.9 Å². The summed E-state index contributed by atoms with van der Waals surface area (Å²) in [6.07, 6.45) is 8.31. The predicted molar refractivity (Wildman–Crippen MR) is 101 cm³/mol. The number of nitrogens with one attached hydrogen (secondary N) is 2. The van der Waals surface area contributed by atoms with Crippen molar-refractivity contribution in [1.82, 2.24) is 15.5 Å². The van der Waals surface area contributed by atoms with Crippen molar-refractivity contribution in [2.75, 3.05) is 18.0 Å². The minimum absolute atomic E-state index is 0.0305. The lowest BCUT2D eigenvalue weighted by Crippen LogP contribution is -2.33. The summed E-state index contributed by atoms with van der Waals surface area (Å²) in [5.41, 5.74) is 2.34. The molecule has 2 N–H and O–H groups in total. The van der Waals surface area contributed by atoms with Crippen molar-refractivity contribution in [3.05, 3.63) is 35.9 Å². The summed E-state index contributed by atoms with van der Waals surface area (Å²) >= 11 is 0. The Morgan fingerprint density at radius 3 is 3.04 bits per heavy atom. The second kappa shape index (κ2) is 7.32. The van der Waals surface area contributed by atoms with Gasteiger partial charge in [0.2, 0.25) is 11.8 Å². The zero-order chi connectivity index (χ0) is 17.9. The Labute approximate surface area is 152 Å². The predicted octanol–water partition coefficient (Wildman–Crippen LogP) is 2.92. The first-order chi connectivity index (χ1) is 12.7. The zero-order valence-electron chi connectivity index (χ0n) is 14.8. The van der Waals surface area contributed by atoms with Gasteiger partial charge in [0.1, 0.15) is 0 Å². The fourth-order valence-electron chi connectivity index (χ4n) is 3.86. The number of rotatable bonds is 5. The molecule has 6 nitrogen and oxygen atoms in total. The maximum absolute atomic E-state index is 12.5. The van der Waals surface area contributed by atoms with E-state index in [-0.39, 0.29) is 24.2 Å². The third-order valence-corrected chi connectivity index (χ3v) is 5.33. The first-order valence-electron chi connectivity index (χ1n) is 9.41. The van der Waals surface area contributed by atoms with E-state index in [0.717, 1.165) is 30.2 Å². The molecule has 1 aliphatic carbocycles. The summed E-state index contributed by atoms with van der Waals surface area (Å²) in [4.78, 5) is 26.5. The number of aromatic nitrogens is 2. The number of nitrogens with zero attached hydrogens (tertiary/aromatic N) is 2. The van der Waals surface area contributed by atoms with E-state index in [2.05, 4.69) is 21.6 Å². The van der Waals surface area contributed by atoms with Gasteiger partial charge in [0.15, 0.2) is 5.82 Å². The van der Waals surface area contributed by atoms with Crippen molar-refractivity contribution in [3.8, 4) is 0 Å². The van der Waals surface area contributed by atoms with Crippen LogP contribution in [0.1, 0.15) is 38.5 Å². The molecule has 2 amide bonds. The molecule has 1 aromatic heterocycles. The quantitative estimate of drug-likeness (QED) is 0.812. The van der Waals surface area contributed by atoms with E-state index in [1.165, 1.54) is 18.4 Å². The highest BCUT2D eigenvalue weighted by Gasteiger charge is 2.36. The number of carbonyl (C=O) groups excluding carboxylic acids is 2. The van der Waals surface area contributed by atoms with E-state index >= 15 is 0 Å². The van der Waals surface area contributed by atoms with Gasteiger partial charge in [0.25, 0.3) is 0 Å². The number of hydrogen-bond donors (Lipinski definition) is 2. The Kier molecular flexibility index (Phi) is 4.73. The van der Waals surface area contributed by atoms with Crippen LogP contribution in [0.25, 0.3) is 10.9 Å². The molecule has 0 bridgehead atoms. The molecule has 2 heterocycles. The van der Waals surface area contributed by atoms with Crippen LogP contribution < -0.4 is 10.2 Å². The van der Waals surface area contributed by atoms with Gasteiger partial charge in [0, 0.05) is 24.9 Å². The fourth-order valence-corrected chi connectivity index (χ4v) is 3.86. The molecule has 1 atom stereocenters. The van der Waals surface area contributed by atoms with Crippen LogP contribution in [-0.4, -0.2) is 35.1 Å². The molecule has 1 fully saturated rings. The van der Waals surface area contributed by atoms with Crippen LogP contribution in [0.15, 0.2) is 35.9 Å². The lowest BCUT2D eigenvalue weighted by atomic mass is 9.97. The molecular weight excluding hydrogens is 328 g/mol. The number of amides is 2. The number of H-pyrrole nitrogens is 1. The summed E-state index contributed by atoms with van der Waals surface area (Å²) in [7, 11) is 0. The highest BCUT2D eigenvalue weighted by Crippen LogP contribution is 2.29. The molecule has 0 saturated carbocycles. The lowest BCUT2D eigenvalue weighted by Gasteiger charge is -2.15. The molecule has 1 aliphatic heterocycles. The van der Waals surface area contributed by atoms with Crippen LogP contribution >= 0.6 is 0 Å². The van der Waals surface area contributed by atoms with E-state index < -0.39 is 0 Å². The fraction of sp³-hybridized carbons (Fsp3) is 0.450. The van der Waals surface area contributed by atoms with Gasteiger partial charge in [-0.3, -0.25) is 19.6 Å². The molecule has 0 spiro atoms. The van der Waals surface area contributed by atoms with Gasteiger partial charge in [-0.1, -0.05) is 23.8 Å². The standard InChI is InChI=1S/C20H24N4O2/c25-18-12-15(20(26)21-11-10-14-6-2-1-3-7-14)13-24(18)19-16-8-4-5-9-17(16)22-23-19/h4-6,8-9,15H,1-3,7,10-13H2,(H,21,26)(H,22,23). The Bertz CT molecular complexity index is 854. The zero-order valence-corrected chi connectivity index (χ0v) is 14.8. The van der Waals surface area contributed by atoms with Gasteiger partial charge < -0.3 is 5.32 Å². The van der Waals surface area contributed by atoms with Gasteiger partial charge in [0.05, 0.1) is 11.4 Å². The molecule has 0 radical (unpaired) electrons. The summed E-state index contributed by atoms with van der Waals surface area (Å²) in [6.45, 7) is 1.04. The maximum atomic E-state index is 12.5. The second-order valence-electron chi connectivity index (χ2n) is 7.15. The van der Waals surface area contributed by atoms with E-state index in [9.17, 15) is 9.59 Å². The number of allylic oxidation sites excluding steroid dienone is 1. The molecule has 1 saturated heterocycles. The number of fused-ring (bicyclic) bond motifs is 1. The van der Waals surface area contributed by atoms with Crippen LogP contribution in [-0.2, 0) is 9.59 Å². The molecule has 1 aromatic carbocycles. The van der Waals surface area contributed by atoms with Crippen molar-refractivity contribution >= 4 is 28.5 Å². The van der Waals surface area contributed by atoms with Crippen LogP contribution in [0.3, 0.4) is 0 Å². The molecule has 2 aliphatic rings. The molecule has 26 heavy (non-hydrogen) atoms. The Morgan fingerprint density at radius 1 is 1.31 bits per heavy atom. The average molecular weight is 352 g/mol. The Balaban J connectivity index is 1.36. The topological polar surface area (TPSA) is 78.1 Å². The van der Waals surface area contributed by atoms with E-state index in [1.807, 2.05) is 24.3 Å². The molecule has 136 valence electrons. The van der Waals surface area contributed by atoms with Gasteiger partial charge in [-0.15, -0.1) is 0 Å². The smallest absolute Gasteiger partial charge is 0.229 e. The molecule has 4 rings (SSSR count). The maximum Gasteiger partial charge on any atom is 0.229 e. The highest BCUT2D eigenvalue weighted by atomic mass is 16.2. The van der Waals surface area contributed by atoms with Gasteiger partial charge in [-0.2, -0.15) is 5.10 Å². The van der Waals surface area contributed by atoms with Crippen LogP contribution in [0.5, 0.6) is 0 Å². The number of carbonyl (C=O) groups is 2. The average Bonchev–Trinajstić information content (AvgIpc) is 3.26. The number of aromatic amines is 1. The van der Waals surface area contributed by atoms with Crippen molar-refractivity contribution in [2.45, 2.75) is 38.5 Å². The number of anilines is 1. The largest absolute Gasteiger partial charge is 0.355 e. The molecule has 6 heteroatoms. The van der Waals surface area contributed by atoms with Crippen LogP contribution in [0, 0.1) is 5.92 Å². The summed E-state index contributed by atoms with van der Waals surface area (Å²) < 4.78 is 0. The summed E-state index contributed by atoms with van der Waals surface area (Å²) in [5.74, 6) is 0.237. The van der Waals surface area contributed by atoms with E-state index in [4.69, 9.17) is 0 Å². The van der Waals surface area contributed by atoms with Gasteiger partial charge in [-0.25, -0.2) is 0 Å².